The van der Waals surface area contributed by atoms with E-state index in [0.717, 1.165) is 28.4 Å². The molecule has 0 bridgehead atoms. The minimum atomic E-state index is 0.641. The number of hydrogen-bond donors (Lipinski definition) is 2. The Balaban J connectivity index is 2.07. The second-order valence-corrected chi connectivity index (χ2v) is 3.86. The van der Waals surface area contributed by atoms with E-state index < -0.39 is 0 Å². The fraction of sp³-hybridized carbons (Fsp3) is 0.250. The minimum absolute atomic E-state index is 0.641. The normalized spacial score (nSPS) is 10.4. The third kappa shape index (κ3) is 2.34. The Morgan fingerprint density at radius 3 is 2.81 bits per heavy atom. The molecule has 3 N–H and O–H groups in total. The molecule has 1 heterocycles. The summed E-state index contributed by atoms with van der Waals surface area (Å²) >= 11 is 0. The lowest BCUT2D eigenvalue weighted by Gasteiger charge is -2.08. The Morgan fingerprint density at radius 2 is 2.12 bits per heavy atom. The quantitative estimate of drug-likeness (QED) is 0.775. The summed E-state index contributed by atoms with van der Waals surface area (Å²) in [5, 5.41) is 7.20. The predicted molar refractivity (Wildman–Crippen MR) is 64.2 cm³/mol. The summed E-state index contributed by atoms with van der Waals surface area (Å²) in [5.74, 6) is 0.820. The van der Waals surface area contributed by atoms with Gasteiger partial charge in [0.05, 0.1) is 6.54 Å². The minimum Gasteiger partial charge on any atom is -0.399 e. The van der Waals surface area contributed by atoms with Gasteiger partial charge < -0.3 is 15.6 Å². The molecular formula is C12H15N3O. The molecule has 0 fully saturated rings. The summed E-state index contributed by atoms with van der Waals surface area (Å²) in [6.45, 7) is 4.56. The average Bonchev–Trinajstić information content (AvgIpc) is 2.66. The van der Waals surface area contributed by atoms with Crippen LogP contribution in [0.5, 0.6) is 0 Å². The maximum Gasteiger partial charge on any atom is 0.133 e. The summed E-state index contributed by atoms with van der Waals surface area (Å²) < 4.78 is 4.99. The van der Waals surface area contributed by atoms with E-state index in [1.165, 1.54) is 0 Å². The van der Waals surface area contributed by atoms with Crippen LogP contribution in [-0.4, -0.2) is 5.16 Å². The fourth-order valence-electron chi connectivity index (χ4n) is 1.52. The first kappa shape index (κ1) is 10.5. The molecule has 0 spiro atoms. The molecule has 0 saturated carbocycles. The van der Waals surface area contributed by atoms with Crippen molar-refractivity contribution in [3.8, 4) is 0 Å². The largest absolute Gasteiger partial charge is 0.399 e. The van der Waals surface area contributed by atoms with Gasteiger partial charge in [-0.1, -0.05) is 11.2 Å². The van der Waals surface area contributed by atoms with Gasteiger partial charge in [0.1, 0.15) is 11.5 Å². The Hall–Kier alpha value is -1.97. The van der Waals surface area contributed by atoms with E-state index in [4.69, 9.17) is 10.3 Å². The van der Waals surface area contributed by atoms with Gasteiger partial charge in [0.25, 0.3) is 0 Å². The van der Waals surface area contributed by atoms with Crippen molar-refractivity contribution in [1.82, 2.24) is 5.16 Å². The summed E-state index contributed by atoms with van der Waals surface area (Å²) in [6.07, 6.45) is 0. The molecule has 4 heteroatoms. The maximum atomic E-state index is 5.73. The van der Waals surface area contributed by atoms with Gasteiger partial charge in [0.15, 0.2) is 0 Å². The lowest BCUT2D eigenvalue weighted by molar-refractivity contribution is 0.391. The molecule has 1 aromatic carbocycles. The second-order valence-electron chi connectivity index (χ2n) is 3.86. The Labute approximate surface area is 94.4 Å². The lowest BCUT2D eigenvalue weighted by atomic mass is 10.2. The number of anilines is 2. The smallest absolute Gasteiger partial charge is 0.133 e. The number of rotatable bonds is 3. The van der Waals surface area contributed by atoms with E-state index in [-0.39, 0.29) is 0 Å². The van der Waals surface area contributed by atoms with Crippen LogP contribution in [0.2, 0.25) is 0 Å². The van der Waals surface area contributed by atoms with E-state index in [0.29, 0.717) is 6.54 Å². The first-order valence-corrected chi connectivity index (χ1v) is 5.17. The molecule has 0 atom stereocenters. The van der Waals surface area contributed by atoms with Gasteiger partial charge in [0.2, 0.25) is 0 Å². The first-order valence-electron chi connectivity index (χ1n) is 5.17. The number of benzene rings is 1. The third-order valence-electron chi connectivity index (χ3n) is 2.40. The van der Waals surface area contributed by atoms with E-state index in [1.807, 2.05) is 38.1 Å². The number of aryl methyl sites for hydroxylation is 2. The van der Waals surface area contributed by atoms with Crippen LogP contribution in [0, 0.1) is 13.8 Å². The summed E-state index contributed by atoms with van der Waals surface area (Å²) in [7, 11) is 0. The number of nitrogen functional groups attached to an aromatic ring is 1. The zero-order chi connectivity index (χ0) is 11.5. The summed E-state index contributed by atoms with van der Waals surface area (Å²) in [6, 6.07) is 7.71. The predicted octanol–water partition coefficient (Wildman–Crippen LogP) is 2.49. The van der Waals surface area contributed by atoms with Crippen LogP contribution >= 0.6 is 0 Å². The lowest BCUT2D eigenvalue weighted by Crippen LogP contribution is -2.01. The molecule has 0 aliphatic rings. The zero-order valence-electron chi connectivity index (χ0n) is 9.45. The zero-order valence-corrected chi connectivity index (χ0v) is 9.45. The van der Waals surface area contributed by atoms with Crippen LogP contribution in [0.25, 0.3) is 0 Å². The Morgan fingerprint density at radius 1 is 1.31 bits per heavy atom. The SMILES string of the molecule is Cc1cc(CNc2cc(N)ccc2C)no1. The number of hydrogen-bond acceptors (Lipinski definition) is 4. The van der Waals surface area contributed by atoms with Crippen molar-refractivity contribution in [2.24, 2.45) is 0 Å². The van der Waals surface area contributed by atoms with Crippen molar-refractivity contribution in [2.45, 2.75) is 20.4 Å². The van der Waals surface area contributed by atoms with Crippen LogP contribution in [0.15, 0.2) is 28.8 Å². The van der Waals surface area contributed by atoms with E-state index in [9.17, 15) is 0 Å². The van der Waals surface area contributed by atoms with Crippen LogP contribution in [0.3, 0.4) is 0 Å². The van der Waals surface area contributed by atoms with E-state index in [2.05, 4.69) is 10.5 Å². The van der Waals surface area contributed by atoms with Crippen LogP contribution in [0.1, 0.15) is 17.0 Å². The summed E-state index contributed by atoms with van der Waals surface area (Å²) in [5.41, 5.74) is 9.56. The Kier molecular flexibility index (Phi) is 2.81. The highest BCUT2D eigenvalue weighted by atomic mass is 16.5. The number of nitrogens with zero attached hydrogens (tertiary/aromatic N) is 1. The molecular weight excluding hydrogens is 202 g/mol. The molecule has 0 aliphatic carbocycles. The van der Waals surface area contributed by atoms with Crippen molar-refractivity contribution in [3.05, 3.63) is 41.3 Å². The fourth-order valence-corrected chi connectivity index (χ4v) is 1.52. The van der Waals surface area contributed by atoms with Gasteiger partial charge in [-0.15, -0.1) is 0 Å². The molecule has 0 saturated heterocycles. The van der Waals surface area contributed by atoms with Gasteiger partial charge in [-0.2, -0.15) is 0 Å². The third-order valence-corrected chi connectivity index (χ3v) is 2.40. The van der Waals surface area contributed by atoms with Crippen LogP contribution in [-0.2, 0) is 6.54 Å². The van der Waals surface area contributed by atoms with Gasteiger partial charge >= 0.3 is 0 Å². The molecule has 2 aromatic rings. The van der Waals surface area contributed by atoms with Gasteiger partial charge in [0, 0.05) is 17.4 Å². The molecule has 4 nitrogen and oxygen atoms in total. The number of nitrogens with one attached hydrogen (secondary N) is 1. The molecule has 2 rings (SSSR count). The number of aromatic nitrogens is 1. The molecule has 84 valence electrons. The van der Waals surface area contributed by atoms with Gasteiger partial charge in [-0.3, -0.25) is 0 Å². The molecule has 0 radical (unpaired) electrons. The van der Waals surface area contributed by atoms with Crippen LogP contribution in [0.4, 0.5) is 11.4 Å². The first-order chi connectivity index (χ1) is 7.65. The number of nitrogens with two attached hydrogens (primary N) is 1. The topological polar surface area (TPSA) is 64.1 Å². The average molecular weight is 217 g/mol. The van der Waals surface area contributed by atoms with Crippen molar-refractivity contribution in [2.75, 3.05) is 11.1 Å². The monoisotopic (exact) mass is 217 g/mol. The highest BCUT2D eigenvalue weighted by molar-refractivity contribution is 5.59. The maximum absolute atomic E-state index is 5.73. The van der Waals surface area contributed by atoms with E-state index in [1.54, 1.807) is 0 Å². The Bertz CT molecular complexity index is 491. The summed E-state index contributed by atoms with van der Waals surface area (Å²) in [4.78, 5) is 0. The highest BCUT2D eigenvalue weighted by Gasteiger charge is 2.02. The molecule has 0 amide bonds. The standard InChI is InChI=1S/C12H15N3O/c1-8-3-4-10(13)6-12(8)14-7-11-5-9(2)16-15-11/h3-6,14H,7,13H2,1-2H3. The van der Waals surface area contributed by atoms with Crippen molar-refractivity contribution >= 4 is 11.4 Å². The van der Waals surface area contributed by atoms with Gasteiger partial charge in [-0.05, 0) is 31.5 Å². The van der Waals surface area contributed by atoms with Crippen molar-refractivity contribution < 1.29 is 4.52 Å². The molecule has 16 heavy (non-hydrogen) atoms. The van der Waals surface area contributed by atoms with Crippen molar-refractivity contribution in [3.63, 3.8) is 0 Å². The molecule has 1 aromatic heterocycles. The van der Waals surface area contributed by atoms with Gasteiger partial charge in [-0.25, -0.2) is 0 Å². The molecule has 0 unspecified atom stereocenters. The van der Waals surface area contributed by atoms with Crippen molar-refractivity contribution in [1.29, 1.82) is 0 Å². The second kappa shape index (κ2) is 4.26. The van der Waals surface area contributed by atoms with E-state index >= 15 is 0 Å². The van der Waals surface area contributed by atoms with Crippen LogP contribution < -0.4 is 11.1 Å². The molecule has 0 aliphatic heterocycles. The highest BCUT2D eigenvalue weighted by Crippen LogP contribution is 2.18.